The maximum atomic E-state index is 13.7. The Morgan fingerprint density at radius 1 is 0.737 bits per heavy atom. The molecule has 0 spiro atoms. The van der Waals surface area contributed by atoms with Gasteiger partial charge in [-0.05, 0) is 95.6 Å². The van der Waals surface area contributed by atoms with E-state index in [2.05, 4.69) is 51.4 Å². The summed E-state index contributed by atoms with van der Waals surface area (Å²) in [5.74, 6) is 0.362. The van der Waals surface area contributed by atoms with Crippen molar-refractivity contribution >= 4 is 17.4 Å². The summed E-state index contributed by atoms with van der Waals surface area (Å²) in [6.45, 7) is 4.33. The van der Waals surface area contributed by atoms with E-state index in [1.165, 1.54) is 34.8 Å². The number of methoxy groups -OCH3 is 1. The van der Waals surface area contributed by atoms with Gasteiger partial charge in [-0.1, -0.05) is 48.5 Å². The number of aromatic nitrogens is 1. The molecule has 4 nitrogen and oxygen atoms in total. The van der Waals surface area contributed by atoms with Gasteiger partial charge in [-0.2, -0.15) is 4.37 Å². The zero-order chi connectivity index (χ0) is 26.7. The molecule has 0 aliphatic carbocycles. The van der Waals surface area contributed by atoms with Crippen molar-refractivity contribution in [3.8, 4) is 28.0 Å². The molecule has 0 atom stereocenters. The van der Waals surface area contributed by atoms with E-state index < -0.39 is 11.6 Å². The SMILES string of the molecule is COc1ccc(-c2ccc(CNCCCNc3ccc(-c4cc(F)cc(F)c4)ccc(C)sn3)cc2)cc1. The van der Waals surface area contributed by atoms with Gasteiger partial charge in [0.2, 0.25) is 0 Å². The highest BCUT2D eigenvalue weighted by atomic mass is 32.1. The Labute approximate surface area is 226 Å². The number of nitrogens with one attached hydrogen (secondary N) is 2. The molecular weight excluding hydrogens is 500 g/mol. The largest absolute Gasteiger partial charge is 0.497 e. The molecular formula is C31H31F2N3OS. The summed E-state index contributed by atoms with van der Waals surface area (Å²) in [5, 5.41) is 6.84. The van der Waals surface area contributed by atoms with Crippen molar-refractivity contribution in [2.45, 2.75) is 19.9 Å². The second-order valence-corrected chi connectivity index (χ2v) is 9.85. The molecule has 1 heterocycles. The second-order valence-electron chi connectivity index (χ2n) is 8.84. The van der Waals surface area contributed by atoms with E-state index in [0.717, 1.165) is 48.3 Å². The number of nitrogens with zero attached hydrogens (tertiary/aromatic N) is 1. The van der Waals surface area contributed by atoms with Crippen molar-refractivity contribution in [2.24, 2.45) is 0 Å². The van der Waals surface area contributed by atoms with Gasteiger partial charge in [0.1, 0.15) is 23.2 Å². The molecule has 0 aliphatic heterocycles. The van der Waals surface area contributed by atoms with Gasteiger partial charge < -0.3 is 15.4 Å². The van der Waals surface area contributed by atoms with Crippen LogP contribution in [0.1, 0.15) is 16.9 Å². The molecule has 0 fully saturated rings. The van der Waals surface area contributed by atoms with E-state index >= 15 is 0 Å². The molecule has 0 radical (unpaired) electrons. The molecule has 2 N–H and O–H groups in total. The van der Waals surface area contributed by atoms with Crippen LogP contribution in [0.3, 0.4) is 0 Å². The Hall–Kier alpha value is -3.81. The maximum absolute atomic E-state index is 13.7. The lowest BCUT2D eigenvalue weighted by molar-refractivity contribution is 0.415. The van der Waals surface area contributed by atoms with Crippen LogP contribution in [0.15, 0.2) is 91.0 Å². The van der Waals surface area contributed by atoms with Crippen molar-refractivity contribution in [1.82, 2.24) is 9.69 Å². The van der Waals surface area contributed by atoms with E-state index in [1.54, 1.807) is 7.11 Å². The molecule has 0 saturated carbocycles. The number of hydrogen-bond donors (Lipinski definition) is 2. The fourth-order valence-electron chi connectivity index (χ4n) is 3.88. The zero-order valence-corrected chi connectivity index (χ0v) is 22.3. The molecule has 4 rings (SSSR count). The van der Waals surface area contributed by atoms with Crippen molar-refractivity contribution < 1.29 is 13.5 Å². The number of aryl methyl sites for hydroxylation is 1. The molecule has 3 aromatic carbocycles. The first-order valence-electron chi connectivity index (χ1n) is 12.5. The van der Waals surface area contributed by atoms with Gasteiger partial charge >= 0.3 is 0 Å². The molecule has 0 amide bonds. The molecule has 4 aromatic rings. The molecule has 38 heavy (non-hydrogen) atoms. The number of ether oxygens (including phenoxy) is 1. The van der Waals surface area contributed by atoms with Crippen LogP contribution in [-0.4, -0.2) is 24.6 Å². The van der Waals surface area contributed by atoms with E-state index in [4.69, 9.17) is 4.74 Å². The number of rotatable bonds is 10. The van der Waals surface area contributed by atoms with Crippen LogP contribution in [0.4, 0.5) is 14.6 Å². The summed E-state index contributed by atoms with van der Waals surface area (Å²) in [5.41, 5.74) is 4.75. The molecule has 0 bridgehead atoms. The van der Waals surface area contributed by atoms with Crippen LogP contribution in [0.25, 0.3) is 22.3 Å². The van der Waals surface area contributed by atoms with Crippen molar-refractivity contribution in [3.05, 3.63) is 113 Å². The topological polar surface area (TPSA) is 46.2 Å². The fraction of sp³-hybridized carbons (Fsp3) is 0.194. The second kappa shape index (κ2) is 13.7. The first-order valence-corrected chi connectivity index (χ1v) is 13.2. The number of anilines is 1. The van der Waals surface area contributed by atoms with Gasteiger partial charge in [0.25, 0.3) is 0 Å². The van der Waals surface area contributed by atoms with E-state index in [0.29, 0.717) is 16.9 Å². The van der Waals surface area contributed by atoms with Crippen molar-refractivity contribution in [2.75, 3.05) is 25.5 Å². The van der Waals surface area contributed by atoms with Crippen LogP contribution in [-0.2, 0) is 6.54 Å². The standard InChI is InChI=1S/C31H31F2N3OS/c1-22-4-7-26(27-18-28(32)20-29(33)19-27)12-15-31(36-38-22)35-17-3-16-34-21-23-5-8-24(9-6-23)25-10-13-30(37-2)14-11-25/h4-15,18-20,34H,3,16-17,21H2,1-2H3,(H,35,36). The lowest BCUT2D eigenvalue weighted by Crippen LogP contribution is -2.17. The zero-order valence-electron chi connectivity index (χ0n) is 21.5. The summed E-state index contributed by atoms with van der Waals surface area (Å²) in [7, 11) is 1.67. The summed E-state index contributed by atoms with van der Waals surface area (Å²) in [6.07, 6.45) is 0.911. The minimum absolute atomic E-state index is 0.482. The summed E-state index contributed by atoms with van der Waals surface area (Å²) >= 11 is 1.36. The summed E-state index contributed by atoms with van der Waals surface area (Å²) < 4.78 is 37.2. The Bertz CT molecular complexity index is 1370. The lowest BCUT2D eigenvalue weighted by Gasteiger charge is -2.08. The van der Waals surface area contributed by atoms with E-state index in [9.17, 15) is 8.78 Å². The van der Waals surface area contributed by atoms with Crippen LogP contribution in [0.5, 0.6) is 5.75 Å². The van der Waals surface area contributed by atoms with Crippen molar-refractivity contribution in [1.29, 1.82) is 0 Å². The van der Waals surface area contributed by atoms with Crippen molar-refractivity contribution in [3.63, 3.8) is 0 Å². The highest BCUT2D eigenvalue weighted by molar-refractivity contribution is 7.05. The fourth-order valence-corrected chi connectivity index (χ4v) is 4.38. The van der Waals surface area contributed by atoms with Gasteiger partial charge in [0, 0.05) is 24.0 Å². The molecule has 0 unspecified atom stereocenters. The van der Waals surface area contributed by atoms with Crippen LogP contribution in [0.2, 0.25) is 0 Å². The third kappa shape index (κ3) is 8.10. The predicted molar refractivity (Wildman–Crippen MR) is 153 cm³/mol. The van der Waals surface area contributed by atoms with Gasteiger partial charge in [-0.25, -0.2) is 8.78 Å². The van der Waals surface area contributed by atoms with Gasteiger partial charge in [-0.3, -0.25) is 0 Å². The summed E-state index contributed by atoms with van der Waals surface area (Å²) in [4.78, 5) is 0.974. The third-order valence-corrected chi connectivity index (χ3v) is 6.66. The third-order valence-electron chi connectivity index (χ3n) is 5.95. The highest BCUT2D eigenvalue weighted by Crippen LogP contribution is 2.23. The average Bonchev–Trinajstić information content (AvgIpc) is 3.01. The van der Waals surface area contributed by atoms with Gasteiger partial charge in [0.05, 0.1) is 7.11 Å². The Balaban J connectivity index is 1.28. The van der Waals surface area contributed by atoms with Crippen LogP contribution >= 0.6 is 11.5 Å². The van der Waals surface area contributed by atoms with Gasteiger partial charge in [0.15, 0.2) is 0 Å². The lowest BCUT2D eigenvalue weighted by atomic mass is 10.0. The quantitative estimate of drug-likeness (QED) is 0.205. The predicted octanol–water partition coefficient (Wildman–Crippen LogP) is 7.79. The Morgan fingerprint density at radius 2 is 1.34 bits per heavy atom. The smallest absolute Gasteiger partial charge is 0.138 e. The number of halogens is 2. The van der Waals surface area contributed by atoms with Gasteiger partial charge in [-0.15, -0.1) is 0 Å². The number of benzene rings is 3. The first-order chi connectivity index (χ1) is 18.5. The molecule has 196 valence electrons. The minimum Gasteiger partial charge on any atom is -0.497 e. The first kappa shape index (κ1) is 27.2. The van der Waals surface area contributed by atoms with Crippen LogP contribution < -0.4 is 15.4 Å². The molecule has 0 aliphatic rings. The molecule has 7 heteroatoms. The molecule has 1 aromatic heterocycles. The Kier molecular flexibility index (Phi) is 9.78. The maximum Gasteiger partial charge on any atom is 0.138 e. The summed E-state index contributed by atoms with van der Waals surface area (Å²) in [6, 6.07) is 27.6. The van der Waals surface area contributed by atoms with E-state index in [1.807, 2.05) is 43.3 Å². The molecule has 0 saturated heterocycles. The normalized spacial score (nSPS) is 10.6. The van der Waals surface area contributed by atoms with E-state index in [-0.39, 0.29) is 0 Å². The Morgan fingerprint density at radius 3 is 2.03 bits per heavy atom. The number of hydrogen-bond acceptors (Lipinski definition) is 5. The monoisotopic (exact) mass is 531 g/mol. The average molecular weight is 532 g/mol. The van der Waals surface area contributed by atoms with Crippen LogP contribution in [0, 0.1) is 18.6 Å². The highest BCUT2D eigenvalue weighted by Gasteiger charge is 2.03. The minimum atomic E-state index is -0.600.